The van der Waals surface area contributed by atoms with Gasteiger partial charge in [0.05, 0.1) is 0 Å². The van der Waals surface area contributed by atoms with Crippen molar-refractivity contribution in [3.8, 4) is 0 Å². The number of carbonyl (C=O) groups is 1. The van der Waals surface area contributed by atoms with Gasteiger partial charge in [0, 0.05) is 29.6 Å². The molecule has 0 bridgehead atoms. The van der Waals surface area contributed by atoms with Gasteiger partial charge in [0.2, 0.25) is 0 Å². The Morgan fingerprint density at radius 3 is 3.05 bits per heavy atom. The van der Waals surface area contributed by atoms with E-state index in [1.54, 1.807) is 12.3 Å². The van der Waals surface area contributed by atoms with E-state index >= 15 is 0 Å². The number of amides is 1. The van der Waals surface area contributed by atoms with E-state index in [1.807, 2.05) is 17.8 Å². The number of nitrogens with one attached hydrogen (secondary N) is 2. The second-order valence-electron chi connectivity index (χ2n) is 5.36. The van der Waals surface area contributed by atoms with Crippen molar-refractivity contribution in [2.75, 3.05) is 17.6 Å². The average Bonchev–Trinajstić information content (AvgIpc) is 2.93. The van der Waals surface area contributed by atoms with Crippen LogP contribution in [0.5, 0.6) is 0 Å². The van der Waals surface area contributed by atoms with Gasteiger partial charge in [-0.2, -0.15) is 11.8 Å². The lowest BCUT2D eigenvalue weighted by Gasteiger charge is -2.20. The van der Waals surface area contributed by atoms with E-state index in [0.717, 1.165) is 31.0 Å². The summed E-state index contributed by atoms with van der Waals surface area (Å²) in [6, 6.07) is 3.92. The Hall–Kier alpha value is -1.23. The third-order valence-corrected chi connectivity index (χ3v) is 5.05. The fourth-order valence-corrected chi connectivity index (χ4v) is 3.88. The summed E-state index contributed by atoms with van der Waals surface area (Å²) in [6.07, 6.45) is 6.25. The van der Waals surface area contributed by atoms with Crippen molar-refractivity contribution < 1.29 is 4.79 Å². The van der Waals surface area contributed by atoms with Crippen LogP contribution in [-0.4, -0.2) is 34.5 Å². The van der Waals surface area contributed by atoms with Gasteiger partial charge in [-0.25, -0.2) is 4.98 Å². The molecular weight excluding hydrogens is 282 g/mol. The molecule has 5 heteroatoms. The van der Waals surface area contributed by atoms with E-state index < -0.39 is 0 Å². The van der Waals surface area contributed by atoms with Gasteiger partial charge in [-0.3, -0.25) is 4.79 Å². The van der Waals surface area contributed by atoms with Crippen LogP contribution in [0, 0.1) is 0 Å². The summed E-state index contributed by atoms with van der Waals surface area (Å²) in [5.74, 6) is 1.90. The zero-order valence-corrected chi connectivity index (χ0v) is 13.7. The third-order valence-electron chi connectivity index (χ3n) is 3.73. The van der Waals surface area contributed by atoms with Crippen LogP contribution in [-0.2, 0) is 0 Å². The first kappa shape index (κ1) is 16.1. The molecule has 2 rings (SSSR count). The van der Waals surface area contributed by atoms with Gasteiger partial charge in [-0.15, -0.1) is 0 Å². The molecule has 1 aliphatic carbocycles. The Labute approximate surface area is 131 Å². The summed E-state index contributed by atoms with van der Waals surface area (Å²) < 4.78 is 0. The van der Waals surface area contributed by atoms with E-state index in [2.05, 4.69) is 29.5 Å². The molecule has 2 N–H and O–H groups in total. The van der Waals surface area contributed by atoms with Crippen molar-refractivity contribution in [2.24, 2.45) is 0 Å². The number of anilines is 1. The summed E-state index contributed by atoms with van der Waals surface area (Å²) in [5, 5.41) is 6.98. The van der Waals surface area contributed by atoms with E-state index in [-0.39, 0.29) is 5.91 Å². The predicted octanol–water partition coefficient (Wildman–Crippen LogP) is 3.31. The maximum atomic E-state index is 12.4. The van der Waals surface area contributed by atoms with E-state index in [1.165, 1.54) is 12.8 Å². The van der Waals surface area contributed by atoms with Gasteiger partial charge >= 0.3 is 0 Å². The first-order chi connectivity index (χ1) is 10.2. The van der Waals surface area contributed by atoms with Crippen molar-refractivity contribution >= 4 is 23.5 Å². The monoisotopic (exact) mass is 307 g/mol. The summed E-state index contributed by atoms with van der Waals surface area (Å²) in [6.45, 7) is 5.15. The second kappa shape index (κ2) is 8.27. The van der Waals surface area contributed by atoms with E-state index in [9.17, 15) is 4.79 Å². The normalized spacial score (nSPS) is 21.2. The van der Waals surface area contributed by atoms with Crippen LogP contribution in [0.1, 0.15) is 49.9 Å². The van der Waals surface area contributed by atoms with Crippen LogP contribution in [0.15, 0.2) is 18.3 Å². The number of pyridine rings is 1. The van der Waals surface area contributed by atoms with E-state index in [4.69, 9.17) is 0 Å². The Kier molecular flexibility index (Phi) is 6.36. The van der Waals surface area contributed by atoms with Crippen molar-refractivity contribution in [2.45, 2.75) is 50.8 Å². The molecule has 1 fully saturated rings. The maximum Gasteiger partial charge on any atom is 0.251 e. The molecule has 1 heterocycles. The molecule has 0 radical (unpaired) electrons. The minimum Gasteiger partial charge on any atom is -0.370 e. The number of nitrogens with zero attached hydrogens (tertiary/aromatic N) is 1. The van der Waals surface area contributed by atoms with E-state index in [0.29, 0.717) is 16.9 Å². The Balaban J connectivity index is 1.96. The second-order valence-corrected chi connectivity index (χ2v) is 6.88. The number of thioether (sulfide) groups is 1. The Morgan fingerprint density at radius 2 is 2.29 bits per heavy atom. The van der Waals surface area contributed by atoms with Crippen LogP contribution in [0.2, 0.25) is 0 Å². The minimum absolute atomic E-state index is 0.0190. The first-order valence-electron chi connectivity index (χ1n) is 7.87. The topological polar surface area (TPSA) is 54.0 Å². The number of aromatic nitrogens is 1. The van der Waals surface area contributed by atoms with Gasteiger partial charge < -0.3 is 10.6 Å². The van der Waals surface area contributed by atoms with Crippen LogP contribution in [0.3, 0.4) is 0 Å². The molecule has 1 amide bonds. The van der Waals surface area contributed by atoms with Gasteiger partial charge in [-0.1, -0.05) is 20.3 Å². The molecule has 2 unspecified atom stereocenters. The molecule has 1 aromatic heterocycles. The third kappa shape index (κ3) is 4.63. The highest BCUT2D eigenvalue weighted by molar-refractivity contribution is 7.99. The molecule has 2 atom stereocenters. The van der Waals surface area contributed by atoms with Crippen LogP contribution in [0.25, 0.3) is 0 Å². The highest BCUT2D eigenvalue weighted by Gasteiger charge is 2.28. The Bertz CT molecular complexity index is 467. The molecule has 116 valence electrons. The highest BCUT2D eigenvalue weighted by Crippen LogP contribution is 2.30. The molecule has 0 spiro atoms. The van der Waals surface area contributed by atoms with Crippen LogP contribution in [0.4, 0.5) is 5.82 Å². The fraction of sp³-hybridized carbons (Fsp3) is 0.625. The molecule has 1 aromatic rings. The SMILES string of the molecule is CCCNc1cc(C(=O)NC2CCCC2SCC)ccn1. The lowest BCUT2D eigenvalue weighted by atomic mass is 10.2. The zero-order chi connectivity index (χ0) is 15.1. The largest absolute Gasteiger partial charge is 0.370 e. The van der Waals surface area contributed by atoms with Crippen molar-refractivity contribution in [1.29, 1.82) is 0 Å². The minimum atomic E-state index is 0.0190. The van der Waals surface area contributed by atoms with Gasteiger partial charge in [-0.05, 0) is 37.1 Å². The maximum absolute atomic E-state index is 12.4. The number of hydrogen-bond acceptors (Lipinski definition) is 4. The molecule has 4 nitrogen and oxygen atoms in total. The molecule has 0 aliphatic heterocycles. The molecule has 1 saturated carbocycles. The quantitative estimate of drug-likeness (QED) is 0.811. The summed E-state index contributed by atoms with van der Waals surface area (Å²) >= 11 is 1.96. The van der Waals surface area contributed by atoms with Gasteiger partial charge in [0.25, 0.3) is 5.91 Å². The molecule has 0 saturated heterocycles. The lowest BCUT2D eigenvalue weighted by molar-refractivity contribution is 0.0938. The molecule has 1 aliphatic rings. The standard InChI is InChI=1S/C16H25N3OS/c1-3-9-17-15-11-12(8-10-18-15)16(20)19-13-6-5-7-14(13)21-4-2/h8,10-11,13-14H,3-7,9H2,1-2H3,(H,17,18)(H,19,20). The average molecular weight is 307 g/mol. The van der Waals surface area contributed by atoms with Crippen molar-refractivity contribution in [1.82, 2.24) is 10.3 Å². The zero-order valence-electron chi connectivity index (χ0n) is 12.9. The smallest absolute Gasteiger partial charge is 0.251 e. The Morgan fingerprint density at radius 1 is 1.43 bits per heavy atom. The summed E-state index contributed by atoms with van der Waals surface area (Å²) in [5.41, 5.74) is 0.691. The lowest BCUT2D eigenvalue weighted by Crippen LogP contribution is -2.38. The summed E-state index contributed by atoms with van der Waals surface area (Å²) in [4.78, 5) is 16.6. The highest BCUT2D eigenvalue weighted by atomic mass is 32.2. The van der Waals surface area contributed by atoms with Crippen LogP contribution < -0.4 is 10.6 Å². The predicted molar refractivity (Wildman–Crippen MR) is 90.0 cm³/mol. The van der Waals surface area contributed by atoms with Crippen molar-refractivity contribution in [3.05, 3.63) is 23.9 Å². The molecule has 0 aromatic carbocycles. The number of rotatable bonds is 7. The van der Waals surface area contributed by atoms with Crippen LogP contribution >= 0.6 is 11.8 Å². The first-order valence-corrected chi connectivity index (χ1v) is 8.91. The summed E-state index contributed by atoms with van der Waals surface area (Å²) in [7, 11) is 0. The van der Waals surface area contributed by atoms with Gasteiger partial charge in [0.1, 0.15) is 5.82 Å². The number of carbonyl (C=O) groups excluding carboxylic acids is 1. The number of hydrogen-bond donors (Lipinski definition) is 2. The molecule has 21 heavy (non-hydrogen) atoms. The molecular formula is C16H25N3OS. The fourth-order valence-electron chi connectivity index (χ4n) is 2.68. The van der Waals surface area contributed by atoms with Gasteiger partial charge in [0.15, 0.2) is 0 Å². The van der Waals surface area contributed by atoms with Crippen molar-refractivity contribution in [3.63, 3.8) is 0 Å².